The number of aryl methyl sites for hydroxylation is 1. The number of fused-ring (bicyclic) bond motifs is 1. The van der Waals surface area contributed by atoms with E-state index < -0.39 is 0 Å². The normalized spacial score (nSPS) is 10.8. The van der Waals surface area contributed by atoms with Crippen LogP contribution in [0.1, 0.15) is 5.82 Å². The van der Waals surface area contributed by atoms with Gasteiger partial charge >= 0.3 is 0 Å². The minimum atomic E-state index is 0.328. The molecule has 0 aliphatic rings. The van der Waals surface area contributed by atoms with Crippen molar-refractivity contribution in [3.63, 3.8) is 0 Å². The summed E-state index contributed by atoms with van der Waals surface area (Å²) in [5.41, 5.74) is 8.50. The van der Waals surface area contributed by atoms with Crippen LogP contribution >= 0.6 is 0 Å². The van der Waals surface area contributed by atoms with Gasteiger partial charge in [0.15, 0.2) is 0 Å². The molecule has 6 heteroatoms. The molecule has 0 atom stereocenters. The molecular formula is C13H14N6. The van der Waals surface area contributed by atoms with Crippen molar-refractivity contribution in [3.05, 3.63) is 42.6 Å². The van der Waals surface area contributed by atoms with Gasteiger partial charge in [0.2, 0.25) is 0 Å². The summed E-state index contributed by atoms with van der Waals surface area (Å²) in [7, 11) is 1.97. The van der Waals surface area contributed by atoms with Crippen molar-refractivity contribution >= 4 is 22.5 Å². The third-order valence-electron chi connectivity index (χ3n) is 2.89. The number of nitrogens with zero attached hydrogens (tertiary/aromatic N) is 4. The minimum Gasteiger partial charge on any atom is -0.340 e. The van der Waals surface area contributed by atoms with Crippen LogP contribution in [0.15, 0.2) is 36.8 Å². The van der Waals surface area contributed by atoms with E-state index >= 15 is 0 Å². The molecule has 96 valence electrons. The van der Waals surface area contributed by atoms with Crippen LogP contribution in [0.25, 0.3) is 11.0 Å². The van der Waals surface area contributed by atoms with E-state index in [0.29, 0.717) is 12.4 Å². The highest BCUT2D eigenvalue weighted by Gasteiger charge is 2.02. The predicted molar refractivity (Wildman–Crippen MR) is 73.9 cm³/mol. The summed E-state index contributed by atoms with van der Waals surface area (Å²) in [6.07, 6.45) is 3.49. The third-order valence-corrected chi connectivity index (χ3v) is 2.89. The summed E-state index contributed by atoms with van der Waals surface area (Å²) >= 11 is 0. The fourth-order valence-corrected chi connectivity index (χ4v) is 1.93. The van der Waals surface area contributed by atoms with E-state index in [1.54, 1.807) is 12.5 Å². The first kappa shape index (κ1) is 11.6. The molecule has 6 nitrogen and oxygen atoms in total. The molecule has 3 rings (SSSR count). The minimum absolute atomic E-state index is 0.328. The zero-order chi connectivity index (χ0) is 13.2. The smallest absolute Gasteiger partial charge is 0.144 e. The van der Waals surface area contributed by atoms with Gasteiger partial charge in [-0.05, 0) is 24.3 Å². The van der Waals surface area contributed by atoms with Gasteiger partial charge in [0.05, 0.1) is 23.9 Å². The van der Waals surface area contributed by atoms with Gasteiger partial charge < -0.3 is 15.6 Å². The number of hydrogen-bond donors (Lipinski definition) is 2. The highest BCUT2D eigenvalue weighted by atomic mass is 15.0. The van der Waals surface area contributed by atoms with E-state index in [9.17, 15) is 0 Å². The van der Waals surface area contributed by atoms with Crippen LogP contribution in [0.2, 0.25) is 0 Å². The van der Waals surface area contributed by atoms with Gasteiger partial charge in [0, 0.05) is 18.9 Å². The Balaban J connectivity index is 1.91. The van der Waals surface area contributed by atoms with E-state index in [1.165, 1.54) is 0 Å². The fraction of sp³-hybridized carbons (Fsp3) is 0.154. The van der Waals surface area contributed by atoms with E-state index in [-0.39, 0.29) is 0 Å². The third kappa shape index (κ3) is 2.25. The first-order valence-electron chi connectivity index (χ1n) is 5.96. The molecule has 3 aromatic rings. The monoisotopic (exact) mass is 254 g/mol. The molecule has 0 bridgehead atoms. The van der Waals surface area contributed by atoms with Crippen LogP contribution in [0.4, 0.5) is 11.5 Å². The number of aromatic nitrogens is 4. The first-order valence-corrected chi connectivity index (χ1v) is 5.96. The molecular weight excluding hydrogens is 240 g/mol. The summed E-state index contributed by atoms with van der Waals surface area (Å²) in [6, 6.07) is 7.81. The lowest BCUT2D eigenvalue weighted by atomic mass is 10.2. The quantitative estimate of drug-likeness (QED) is 0.741. The van der Waals surface area contributed by atoms with Crippen LogP contribution in [0.3, 0.4) is 0 Å². The Bertz CT molecular complexity index is 718. The van der Waals surface area contributed by atoms with Crippen LogP contribution in [0.5, 0.6) is 0 Å². The average Bonchev–Trinajstić information content (AvgIpc) is 2.80. The van der Waals surface area contributed by atoms with Crippen molar-refractivity contribution in [2.45, 2.75) is 6.54 Å². The van der Waals surface area contributed by atoms with E-state index in [2.05, 4.69) is 20.3 Å². The molecule has 0 unspecified atom stereocenters. The Kier molecular flexibility index (Phi) is 2.85. The van der Waals surface area contributed by atoms with Crippen molar-refractivity contribution in [2.24, 2.45) is 12.8 Å². The van der Waals surface area contributed by atoms with Crippen molar-refractivity contribution in [1.29, 1.82) is 0 Å². The Labute approximate surface area is 110 Å². The zero-order valence-electron chi connectivity index (χ0n) is 10.5. The van der Waals surface area contributed by atoms with Crippen LogP contribution < -0.4 is 11.1 Å². The highest BCUT2D eigenvalue weighted by Crippen LogP contribution is 2.20. The highest BCUT2D eigenvalue weighted by molar-refractivity contribution is 5.80. The van der Waals surface area contributed by atoms with E-state index in [1.807, 2.05) is 35.9 Å². The topological polar surface area (TPSA) is 81.7 Å². The molecule has 0 aliphatic carbocycles. The molecule has 0 spiro atoms. The molecule has 2 heterocycles. The molecule has 0 fully saturated rings. The Morgan fingerprint density at radius 1 is 1.26 bits per heavy atom. The molecule has 0 saturated heterocycles. The van der Waals surface area contributed by atoms with Gasteiger partial charge in [0.25, 0.3) is 0 Å². The number of rotatable bonds is 3. The number of nitrogens with one attached hydrogen (secondary N) is 1. The Morgan fingerprint density at radius 3 is 3.00 bits per heavy atom. The van der Waals surface area contributed by atoms with Gasteiger partial charge in [-0.1, -0.05) is 0 Å². The molecule has 0 radical (unpaired) electrons. The summed E-state index contributed by atoms with van der Waals surface area (Å²) in [6.45, 7) is 0.328. The van der Waals surface area contributed by atoms with Crippen molar-refractivity contribution in [3.8, 4) is 0 Å². The number of benzene rings is 1. The number of hydrogen-bond acceptors (Lipinski definition) is 5. The Hall–Kier alpha value is -2.47. The van der Waals surface area contributed by atoms with Crippen LogP contribution in [-0.4, -0.2) is 19.5 Å². The molecule has 19 heavy (non-hydrogen) atoms. The zero-order valence-corrected chi connectivity index (χ0v) is 10.5. The summed E-state index contributed by atoms with van der Waals surface area (Å²) in [5.74, 6) is 1.34. The first-order chi connectivity index (χ1) is 9.26. The van der Waals surface area contributed by atoms with Gasteiger partial charge in [-0.15, -0.1) is 0 Å². The number of nitrogens with two attached hydrogens (primary N) is 1. The van der Waals surface area contributed by atoms with Crippen molar-refractivity contribution in [2.75, 3.05) is 5.32 Å². The largest absolute Gasteiger partial charge is 0.340 e. The second kappa shape index (κ2) is 4.66. The standard InChI is InChI=1S/C13H14N6/c1-19-8-16-10-6-9(2-3-11(10)19)17-12-4-5-15-13(7-14)18-12/h2-6,8H,7,14H2,1H3,(H,15,17,18). The molecule has 2 aromatic heterocycles. The second-order valence-electron chi connectivity index (χ2n) is 4.25. The summed E-state index contributed by atoms with van der Waals surface area (Å²) < 4.78 is 1.98. The maximum Gasteiger partial charge on any atom is 0.144 e. The Morgan fingerprint density at radius 2 is 2.16 bits per heavy atom. The molecule has 0 amide bonds. The SMILES string of the molecule is Cn1cnc2cc(Nc3ccnc(CN)n3)ccc21. The number of anilines is 2. The molecule has 0 saturated carbocycles. The lowest BCUT2D eigenvalue weighted by Gasteiger charge is -2.06. The molecule has 1 aromatic carbocycles. The fourth-order valence-electron chi connectivity index (χ4n) is 1.93. The van der Waals surface area contributed by atoms with Gasteiger partial charge in [0.1, 0.15) is 11.6 Å². The van der Waals surface area contributed by atoms with E-state index in [0.717, 1.165) is 22.5 Å². The molecule has 0 aliphatic heterocycles. The predicted octanol–water partition coefficient (Wildman–Crippen LogP) is 1.57. The second-order valence-corrected chi connectivity index (χ2v) is 4.25. The van der Waals surface area contributed by atoms with Gasteiger partial charge in [-0.2, -0.15) is 0 Å². The number of imidazole rings is 1. The van der Waals surface area contributed by atoms with E-state index in [4.69, 9.17) is 5.73 Å². The maximum atomic E-state index is 5.52. The van der Waals surface area contributed by atoms with Gasteiger partial charge in [-0.25, -0.2) is 15.0 Å². The van der Waals surface area contributed by atoms with Crippen molar-refractivity contribution in [1.82, 2.24) is 19.5 Å². The average molecular weight is 254 g/mol. The van der Waals surface area contributed by atoms with Gasteiger partial charge in [-0.3, -0.25) is 0 Å². The van der Waals surface area contributed by atoms with Crippen LogP contribution in [-0.2, 0) is 13.6 Å². The maximum absolute atomic E-state index is 5.52. The van der Waals surface area contributed by atoms with Crippen molar-refractivity contribution < 1.29 is 0 Å². The lowest BCUT2D eigenvalue weighted by Crippen LogP contribution is -2.04. The summed E-state index contributed by atoms with van der Waals surface area (Å²) in [4.78, 5) is 12.7. The van der Waals surface area contributed by atoms with Crippen LogP contribution in [0, 0.1) is 0 Å². The lowest BCUT2D eigenvalue weighted by molar-refractivity contribution is 0.912. The summed E-state index contributed by atoms with van der Waals surface area (Å²) in [5, 5.41) is 3.22. The molecule has 3 N–H and O–H groups in total.